The maximum Gasteiger partial charge on any atom is 0.0558 e. The van der Waals surface area contributed by atoms with E-state index in [-0.39, 0.29) is 6.61 Å². The van der Waals surface area contributed by atoms with Gasteiger partial charge in [0.25, 0.3) is 0 Å². The molecule has 0 bridgehead atoms. The molecule has 1 atom stereocenters. The van der Waals surface area contributed by atoms with E-state index < -0.39 is 0 Å². The van der Waals surface area contributed by atoms with Crippen molar-refractivity contribution in [1.82, 2.24) is 10.2 Å². The summed E-state index contributed by atoms with van der Waals surface area (Å²) in [5, 5.41) is 12.8. The zero-order valence-corrected chi connectivity index (χ0v) is 12.5. The molecule has 1 saturated carbocycles. The lowest BCUT2D eigenvalue weighted by Gasteiger charge is -2.35. The molecule has 1 aliphatic carbocycles. The molecule has 1 rings (SSSR count). The monoisotopic (exact) mass is 256 g/mol. The number of nitrogens with zero attached hydrogens (tertiary/aromatic N) is 1. The van der Waals surface area contributed by atoms with Crippen LogP contribution in [0, 0.1) is 5.41 Å². The summed E-state index contributed by atoms with van der Waals surface area (Å²) in [4.78, 5) is 2.42. The van der Waals surface area contributed by atoms with Crippen molar-refractivity contribution in [3.05, 3.63) is 0 Å². The molecule has 0 aliphatic heterocycles. The highest BCUT2D eigenvalue weighted by Crippen LogP contribution is 2.27. The second-order valence-electron chi connectivity index (χ2n) is 6.22. The minimum atomic E-state index is 0.276. The number of nitrogens with one attached hydrogen (secondary N) is 1. The van der Waals surface area contributed by atoms with Crippen molar-refractivity contribution in [2.45, 2.75) is 58.9 Å². The summed E-state index contributed by atoms with van der Waals surface area (Å²) >= 11 is 0. The van der Waals surface area contributed by atoms with Crippen molar-refractivity contribution >= 4 is 0 Å². The Morgan fingerprint density at radius 3 is 2.44 bits per heavy atom. The molecule has 3 nitrogen and oxygen atoms in total. The maximum atomic E-state index is 9.16. The second kappa shape index (κ2) is 8.13. The minimum absolute atomic E-state index is 0.276. The summed E-state index contributed by atoms with van der Waals surface area (Å²) in [5.74, 6) is 0. The van der Waals surface area contributed by atoms with E-state index in [4.69, 9.17) is 5.11 Å². The van der Waals surface area contributed by atoms with Gasteiger partial charge in [-0.15, -0.1) is 0 Å². The van der Waals surface area contributed by atoms with Gasteiger partial charge < -0.3 is 15.3 Å². The van der Waals surface area contributed by atoms with E-state index in [1.54, 1.807) is 0 Å². The van der Waals surface area contributed by atoms with E-state index in [0.29, 0.717) is 5.41 Å². The predicted octanol–water partition coefficient (Wildman–Crippen LogP) is 2.25. The number of rotatable bonds is 11. The third-order valence-corrected chi connectivity index (χ3v) is 3.81. The summed E-state index contributed by atoms with van der Waals surface area (Å²) in [7, 11) is 0. The molecule has 0 aromatic carbocycles. The Morgan fingerprint density at radius 1 is 1.22 bits per heavy atom. The molecule has 18 heavy (non-hydrogen) atoms. The van der Waals surface area contributed by atoms with Crippen molar-refractivity contribution in [3.63, 3.8) is 0 Å². The van der Waals surface area contributed by atoms with E-state index in [1.807, 2.05) is 0 Å². The van der Waals surface area contributed by atoms with Crippen LogP contribution >= 0.6 is 0 Å². The van der Waals surface area contributed by atoms with E-state index in [9.17, 15) is 0 Å². The lowest BCUT2D eigenvalue weighted by molar-refractivity contribution is 0.125. The third-order valence-electron chi connectivity index (χ3n) is 3.81. The molecule has 0 amide bonds. The molecule has 0 aromatic rings. The van der Waals surface area contributed by atoms with Crippen molar-refractivity contribution in [2.75, 3.05) is 32.8 Å². The average molecular weight is 256 g/mol. The standard InChI is InChI=1S/C15H32N2O/c1-4-8-15(3,12-16-14-6-7-14)13-17(9-5-2)10-11-18/h14,16,18H,4-13H2,1-3H3. The van der Waals surface area contributed by atoms with Crippen LogP contribution in [0.25, 0.3) is 0 Å². The minimum Gasteiger partial charge on any atom is -0.395 e. The highest BCUT2D eigenvalue weighted by molar-refractivity contribution is 4.87. The first-order chi connectivity index (χ1) is 8.63. The van der Waals surface area contributed by atoms with Gasteiger partial charge in [-0.05, 0) is 37.6 Å². The van der Waals surface area contributed by atoms with Gasteiger partial charge in [-0.2, -0.15) is 0 Å². The van der Waals surface area contributed by atoms with Crippen LogP contribution in [0.1, 0.15) is 52.9 Å². The van der Waals surface area contributed by atoms with Crippen LogP contribution in [0.5, 0.6) is 0 Å². The molecule has 0 saturated heterocycles. The SMILES string of the molecule is CCCN(CCO)CC(C)(CCC)CNC1CC1. The van der Waals surface area contributed by atoms with Gasteiger partial charge in [0.2, 0.25) is 0 Å². The van der Waals surface area contributed by atoms with E-state index >= 15 is 0 Å². The molecule has 2 N–H and O–H groups in total. The molecule has 3 heteroatoms. The van der Waals surface area contributed by atoms with Gasteiger partial charge in [-0.3, -0.25) is 0 Å². The topological polar surface area (TPSA) is 35.5 Å². The van der Waals surface area contributed by atoms with Gasteiger partial charge in [0.1, 0.15) is 0 Å². The number of hydrogen-bond donors (Lipinski definition) is 2. The van der Waals surface area contributed by atoms with Crippen LogP contribution in [0.2, 0.25) is 0 Å². The molecule has 0 spiro atoms. The summed E-state index contributed by atoms with van der Waals surface area (Å²) in [6.45, 7) is 11.3. The Bertz CT molecular complexity index is 213. The Kier molecular flexibility index (Phi) is 7.20. The molecule has 108 valence electrons. The summed E-state index contributed by atoms with van der Waals surface area (Å²) in [5.41, 5.74) is 0.349. The first-order valence-corrected chi connectivity index (χ1v) is 7.70. The smallest absolute Gasteiger partial charge is 0.0558 e. The van der Waals surface area contributed by atoms with Crippen LogP contribution < -0.4 is 5.32 Å². The molecule has 0 aromatic heterocycles. The molecule has 0 radical (unpaired) electrons. The van der Waals surface area contributed by atoms with Crippen LogP contribution in [-0.4, -0.2) is 48.8 Å². The Morgan fingerprint density at radius 2 is 1.94 bits per heavy atom. The first-order valence-electron chi connectivity index (χ1n) is 7.70. The molecule has 0 heterocycles. The number of aliphatic hydroxyl groups excluding tert-OH is 1. The normalized spacial score (nSPS) is 19.2. The Hall–Kier alpha value is -0.120. The molecular weight excluding hydrogens is 224 g/mol. The fraction of sp³-hybridized carbons (Fsp3) is 1.00. The third kappa shape index (κ3) is 6.17. The van der Waals surface area contributed by atoms with Gasteiger partial charge in [0.15, 0.2) is 0 Å². The van der Waals surface area contributed by atoms with Crippen molar-refractivity contribution in [1.29, 1.82) is 0 Å². The van der Waals surface area contributed by atoms with Gasteiger partial charge in [-0.25, -0.2) is 0 Å². The lowest BCUT2D eigenvalue weighted by atomic mass is 9.84. The van der Waals surface area contributed by atoms with E-state index in [1.165, 1.54) is 25.7 Å². The fourth-order valence-corrected chi connectivity index (χ4v) is 2.77. The van der Waals surface area contributed by atoms with E-state index in [2.05, 4.69) is 31.0 Å². The zero-order chi connectivity index (χ0) is 13.4. The summed E-state index contributed by atoms with van der Waals surface area (Å²) < 4.78 is 0. The highest BCUT2D eigenvalue weighted by Gasteiger charge is 2.29. The fourth-order valence-electron chi connectivity index (χ4n) is 2.77. The van der Waals surface area contributed by atoms with Crippen LogP contribution in [-0.2, 0) is 0 Å². The molecular formula is C15H32N2O. The summed E-state index contributed by atoms with van der Waals surface area (Å²) in [6, 6.07) is 0.790. The van der Waals surface area contributed by atoms with Crippen molar-refractivity contribution in [3.8, 4) is 0 Å². The number of aliphatic hydroxyl groups is 1. The quantitative estimate of drug-likeness (QED) is 0.595. The molecule has 1 aliphatic rings. The van der Waals surface area contributed by atoms with Crippen LogP contribution in [0.3, 0.4) is 0 Å². The van der Waals surface area contributed by atoms with E-state index in [0.717, 1.165) is 38.6 Å². The van der Waals surface area contributed by atoms with Gasteiger partial charge in [0, 0.05) is 25.7 Å². The average Bonchev–Trinajstić information content (AvgIpc) is 3.11. The van der Waals surface area contributed by atoms with Crippen molar-refractivity contribution in [2.24, 2.45) is 5.41 Å². The maximum absolute atomic E-state index is 9.16. The largest absolute Gasteiger partial charge is 0.395 e. The van der Waals surface area contributed by atoms with Gasteiger partial charge in [0.05, 0.1) is 6.61 Å². The van der Waals surface area contributed by atoms with Crippen LogP contribution in [0.15, 0.2) is 0 Å². The van der Waals surface area contributed by atoms with Crippen LogP contribution in [0.4, 0.5) is 0 Å². The summed E-state index contributed by atoms with van der Waals surface area (Å²) in [6.07, 6.45) is 6.38. The first kappa shape index (κ1) is 15.9. The van der Waals surface area contributed by atoms with Gasteiger partial charge >= 0.3 is 0 Å². The number of hydrogen-bond acceptors (Lipinski definition) is 3. The molecule has 1 fully saturated rings. The Balaban J connectivity index is 2.44. The van der Waals surface area contributed by atoms with Gasteiger partial charge in [-0.1, -0.05) is 27.2 Å². The highest BCUT2D eigenvalue weighted by atomic mass is 16.3. The molecule has 1 unspecified atom stereocenters. The lowest BCUT2D eigenvalue weighted by Crippen LogP contribution is -2.44. The Labute approximate surface area is 113 Å². The second-order valence-corrected chi connectivity index (χ2v) is 6.22. The predicted molar refractivity (Wildman–Crippen MR) is 77.9 cm³/mol. The van der Waals surface area contributed by atoms with Crippen molar-refractivity contribution < 1.29 is 5.11 Å². The zero-order valence-electron chi connectivity index (χ0n) is 12.5.